The fraction of sp³-hybridized carbons (Fsp3) is 0.273. The lowest BCUT2D eigenvalue weighted by molar-refractivity contribution is 0.247. The maximum Gasteiger partial charge on any atom is 0.319 e. The van der Waals surface area contributed by atoms with E-state index in [2.05, 4.69) is 43.6 Å². The van der Waals surface area contributed by atoms with E-state index < -0.39 is 0 Å². The number of carbonyl (C=O) groups excluding carboxylic acids is 1. The number of hydrogen-bond acceptors (Lipinski definition) is 4. The van der Waals surface area contributed by atoms with Gasteiger partial charge in [-0.1, -0.05) is 30.3 Å². The minimum absolute atomic E-state index is 0.0691. The number of hydrogen-bond donors (Lipinski definition) is 2. The Labute approximate surface area is 169 Å². The highest BCUT2D eigenvalue weighted by molar-refractivity contribution is 5.89. The molecule has 0 bridgehead atoms. The van der Waals surface area contributed by atoms with Crippen LogP contribution in [0.1, 0.15) is 35.6 Å². The van der Waals surface area contributed by atoms with E-state index in [9.17, 15) is 4.79 Å². The number of nitrogens with zero attached hydrogens (tertiary/aromatic N) is 4. The Morgan fingerprint density at radius 1 is 1.10 bits per heavy atom. The van der Waals surface area contributed by atoms with E-state index in [4.69, 9.17) is 5.26 Å². The van der Waals surface area contributed by atoms with Crippen molar-refractivity contribution >= 4 is 11.7 Å². The number of carbonyl (C=O) groups is 1. The third-order valence-electron chi connectivity index (χ3n) is 5.13. The molecule has 3 aromatic rings. The van der Waals surface area contributed by atoms with Crippen molar-refractivity contribution in [3.8, 4) is 6.07 Å². The summed E-state index contributed by atoms with van der Waals surface area (Å²) in [4.78, 5) is 12.3. The van der Waals surface area contributed by atoms with Gasteiger partial charge in [0.25, 0.3) is 0 Å². The van der Waals surface area contributed by atoms with Crippen molar-refractivity contribution in [1.82, 2.24) is 20.1 Å². The van der Waals surface area contributed by atoms with Gasteiger partial charge in [0.1, 0.15) is 11.6 Å². The topological polar surface area (TPSA) is 95.6 Å². The minimum atomic E-state index is -0.234. The van der Waals surface area contributed by atoms with Crippen LogP contribution in [-0.2, 0) is 19.4 Å². The molecule has 0 saturated heterocycles. The van der Waals surface area contributed by atoms with E-state index >= 15 is 0 Å². The molecule has 146 valence electrons. The quantitative estimate of drug-likeness (QED) is 0.719. The van der Waals surface area contributed by atoms with E-state index in [1.165, 1.54) is 5.56 Å². The Bertz CT molecular complexity index is 1020. The monoisotopic (exact) mass is 386 g/mol. The standard InChI is InChI=1S/C22H22N6O/c23-15-17-6-8-18(9-7-17)24-22(29)25-19-10-11-20-26-27-21(28(20)13-12-19)14-16-4-2-1-3-5-16/h1-9,19H,10-14H2,(H2,24,25,29). The molecule has 1 unspecified atom stereocenters. The summed E-state index contributed by atoms with van der Waals surface area (Å²) in [5, 5.41) is 23.5. The highest BCUT2D eigenvalue weighted by Crippen LogP contribution is 2.18. The van der Waals surface area contributed by atoms with Crippen molar-refractivity contribution in [3.05, 3.63) is 77.4 Å². The first-order valence-electron chi connectivity index (χ1n) is 9.74. The van der Waals surface area contributed by atoms with Gasteiger partial charge >= 0.3 is 6.03 Å². The smallest absolute Gasteiger partial charge is 0.319 e. The van der Waals surface area contributed by atoms with Crippen LogP contribution < -0.4 is 10.6 Å². The largest absolute Gasteiger partial charge is 0.335 e. The van der Waals surface area contributed by atoms with Crippen LogP contribution in [-0.4, -0.2) is 26.8 Å². The van der Waals surface area contributed by atoms with Crippen LogP contribution in [0.15, 0.2) is 54.6 Å². The molecule has 2 heterocycles. The lowest BCUT2D eigenvalue weighted by Crippen LogP contribution is -2.38. The summed E-state index contributed by atoms with van der Waals surface area (Å²) in [7, 11) is 0. The maximum absolute atomic E-state index is 12.3. The highest BCUT2D eigenvalue weighted by Gasteiger charge is 2.21. The molecule has 7 heteroatoms. The van der Waals surface area contributed by atoms with Crippen LogP contribution in [0, 0.1) is 11.3 Å². The normalized spacial score (nSPS) is 15.6. The van der Waals surface area contributed by atoms with Crippen LogP contribution >= 0.6 is 0 Å². The van der Waals surface area contributed by atoms with Crippen molar-refractivity contribution in [1.29, 1.82) is 5.26 Å². The van der Waals surface area contributed by atoms with Gasteiger partial charge in [-0.05, 0) is 42.7 Å². The summed E-state index contributed by atoms with van der Waals surface area (Å²) in [6, 6.07) is 19.0. The number of benzene rings is 2. The zero-order valence-corrected chi connectivity index (χ0v) is 16.0. The van der Waals surface area contributed by atoms with Crippen molar-refractivity contribution < 1.29 is 4.79 Å². The fourth-order valence-corrected chi connectivity index (χ4v) is 3.58. The number of nitrogens with one attached hydrogen (secondary N) is 2. The number of urea groups is 1. The number of anilines is 1. The molecule has 0 fully saturated rings. The van der Waals surface area contributed by atoms with Crippen LogP contribution in [0.5, 0.6) is 0 Å². The Hall–Kier alpha value is -3.66. The molecule has 0 spiro atoms. The van der Waals surface area contributed by atoms with Gasteiger partial charge in [-0.3, -0.25) is 0 Å². The lowest BCUT2D eigenvalue weighted by atomic mass is 10.1. The third kappa shape index (κ3) is 4.61. The van der Waals surface area contributed by atoms with Gasteiger partial charge in [0.2, 0.25) is 0 Å². The zero-order valence-electron chi connectivity index (χ0n) is 16.0. The zero-order chi connectivity index (χ0) is 20.1. The number of fused-ring (bicyclic) bond motifs is 1. The Morgan fingerprint density at radius 2 is 1.90 bits per heavy atom. The van der Waals surface area contributed by atoms with Crippen molar-refractivity contribution in [2.45, 2.75) is 38.3 Å². The summed E-state index contributed by atoms with van der Waals surface area (Å²) < 4.78 is 2.19. The highest BCUT2D eigenvalue weighted by atomic mass is 16.2. The summed E-state index contributed by atoms with van der Waals surface area (Å²) in [5.74, 6) is 1.95. The summed E-state index contributed by atoms with van der Waals surface area (Å²) in [5.41, 5.74) is 2.44. The summed E-state index contributed by atoms with van der Waals surface area (Å²) in [6.07, 6.45) is 3.19. The van der Waals surface area contributed by atoms with E-state index in [1.807, 2.05) is 18.2 Å². The molecule has 0 saturated carbocycles. The number of aryl methyl sites for hydroxylation is 1. The molecule has 4 rings (SSSR count). The average molecular weight is 386 g/mol. The van der Waals surface area contributed by atoms with Gasteiger partial charge < -0.3 is 15.2 Å². The Balaban J connectivity index is 1.34. The van der Waals surface area contributed by atoms with E-state index in [-0.39, 0.29) is 12.1 Å². The predicted octanol–water partition coefficient (Wildman–Crippen LogP) is 3.27. The summed E-state index contributed by atoms with van der Waals surface area (Å²) in [6.45, 7) is 0.784. The average Bonchev–Trinajstić information content (AvgIpc) is 3.01. The van der Waals surface area contributed by atoms with Crippen molar-refractivity contribution in [3.63, 3.8) is 0 Å². The first kappa shape index (κ1) is 18.7. The lowest BCUT2D eigenvalue weighted by Gasteiger charge is -2.17. The second kappa shape index (κ2) is 8.57. The Morgan fingerprint density at radius 3 is 2.66 bits per heavy atom. The molecule has 2 amide bonds. The van der Waals surface area contributed by atoms with Crippen LogP contribution in [0.25, 0.3) is 0 Å². The van der Waals surface area contributed by atoms with Gasteiger partial charge in [0.15, 0.2) is 0 Å². The number of amides is 2. The maximum atomic E-state index is 12.3. The molecule has 1 aliphatic rings. The van der Waals surface area contributed by atoms with Gasteiger partial charge in [-0.15, -0.1) is 10.2 Å². The van der Waals surface area contributed by atoms with Crippen molar-refractivity contribution in [2.75, 3.05) is 5.32 Å². The molecular weight excluding hydrogens is 364 g/mol. The van der Waals surface area contributed by atoms with Crippen molar-refractivity contribution in [2.24, 2.45) is 0 Å². The third-order valence-corrected chi connectivity index (χ3v) is 5.13. The molecule has 1 atom stereocenters. The molecule has 0 aliphatic carbocycles. The van der Waals surface area contributed by atoms with Gasteiger partial charge in [-0.25, -0.2) is 4.79 Å². The van der Waals surface area contributed by atoms with E-state index in [0.717, 1.165) is 43.9 Å². The second-order valence-corrected chi connectivity index (χ2v) is 7.16. The first-order valence-corrected chi connectivity index (χ1v) is 9.74. The summed E-state index contributed by atoms with van der Waals surface area (Å²) >= 11 is 0. The van der Waals surface area contributed by atoms with E-state index in [0.29, 0.717) is 11.3 Å². The molecule has 7 nitrogen and oxygen atoms in total. The molecular formula is C22H22N6O. The van der Waals surface area contributed by atoms with Gasteiger partial charge in [-0.2, -0.15) is 5.26 Å². The Kier molecular flexibility index (Phi) is 5.52. The number of rotatable bonds is 4. The molecule has 29 heavy (non-hydrogen) atoms. The van der Waals surface area contributed by atoms with Crippen LogP contribution in [0.2, 0.25) is 0 Å². The van der Waals surface area contributed by atoms with Gasteiger partial charge in [0.05, 0.1) is 11.6 Å². The number of nitriles is 1. The molecule has 2 N–H and O–H groups in total. The number of aromatic nitrogens is 3. The fourth-order valence-electron chi connectivity index (χ4n) is 3.58. The predicted molar refractivity (Wildman–Crippen MR) is 109 cm³/mol. The van der Waals surface area contributed by atoms with E-state index in [1.54, 1.807) is 24.3 Å². The minimum Gasteiger partial charge on any atom is -0.335 e. The first-order chi connectivity index (χ1) is 14.2. The van der Waals surface area contributed by atoms with Gasteiger partial charge in [0, 0.05) is 31.1 Å². The second-order valence-electron chi connectivity index (χ2n) is 7.16. The van der Waals surface area contributed by atoms with Crippen LogP contribution in [0.3, 0.4) is 0 Å². The molecule has 1 aromatic heterocycles. The van der Waals surface area contributed by atoms with Crippen LogP contribution in [0.4, 0.5) is 10.5 Å². The molecule has 0 radical (unpaired) electrons. The molecule has 2 aromatic carbocycles. The molecule has 1 aliphatic heterocycles. The SMILES string of the molecule is N#Cc1ccc(NC(=O)NC2CCc3nnc(Cc4ccccc4)n3CC2)cc1.